The van der Waals surface area contributed by atoms with E-state index in [0.717, 1.165) is 41.7 Å². The monoisotopic (exact) mass is 558 g/mol. The fourth-order valence-electron chi connectivity index (χ4n) is 4.42. The first-order chi connectivity index (χ1) is 19.4. The van der Waals surface area contributed by atoms with Crippen LogP contribution in [0.5, 0.6) is 0 Å². The summed E-state index contributed by atoms with van der Waals surface area (Å²) in [7, 11) is 0. The smallest absolute Gasteiger partial charge is 0.282 e. The van der Waals surface area contributed by atoms with Gasteiger partial charge in [-0.1, -0.05) is 42.1 Å². The molecule has 1 aromatic heterocycles. The van der Waals surface area contributed by atoms with Crippen LogP contribution in [-0.2, 0) is 4.79 Å². The number of aryl methyl sites for hydroxylation is 1. The van der Waals surface area contributed by atoms with Crippen LogP contribution in [0.2, 0.25) is 0 Å². The standard InChI is InChI=1S/C28H26N6O5S/c1-19-6-2-3-7-22(19)27(36)33-16-14-32(15-17-33)21-12-10-20(11-13-21)29-25(35)18-40-28-31-30-26(39-28)23-8-4-5-9-24(23)34(37)38/h2-13H,14-18H2,1H3,(H,29,35). The van der Waals surface area contributed by atoms with Crippen LogP contribution in [0.3, 0.4) is 0 Å². The predicted octanol–water partition coefficient (Wildman–Crippen LogP) is 4.65. The zero-order chi connectivity index (χ0) is 28.1. The number of thioether (sulfide) groups is 1. The lowest BCUT2D eigenvalue weighted by atomic mass is 10.1. The summed E-state index contributed by atoms with van der Waals surface area (Å²) >= 11 is 1.04. The molecule has 1 saturated heterocycles. The Kier molecular flexibility index (Phi) is 8.06. The molecule has 1 aliphatic rings. The average molecular weight is 559 g/mol. The molecule has 0 unspecified atom stereocenters. The number of hydrogen-bond acceptors (Lipinski definition) is 9. The molecule has 1 N–H and O–H groups in total. The van der Waals surface area contributed by atoms with Gasteiger partial charge in [-0.25, -0.2) is 0 Å². The van der Waals surface area contributed by atoms with E-state index in [2.05, 4.69) is 20.4 Å². The molecule has 0 aliphatic carbocycles. The largest absolute Gasteiger partial charge is 0.411 e. The van der Waals surface area contributed by atoms with Crippen molar-refractivity contribution in [2.45, 2.75) is 12.1 Å². The van der Waals surface area contributed by atoms with Gasteiger partial charge in [0.15, 0.2) is 0 Å². The van der Waals surface area contributed by atoms with Crippen LogP contribution in [-0.4, -0.2) is 63.8 Å². The Hall–Kier alpha value is -4.71. The van der Waals surface area contributed by atoms with Gasteiger partial charge < -0.3 is 19.5 Å². The number of piperazine rings is 1. The summed E-state index contributed by atoms with van der Waals surface area (Å²) in [4.78, 5) is 40.2. The number of nitrogens with zero attached hydrogens (tertiary/aromatic N) is 5. The highest BCUT2D eigenvalue weighted by molar-refractivity contribution is 7.99. The first-order valence-electron chi connectivity index (χ1n) is 12.6. The molecular weight excluding hydrogens is 532 g/mol. The second-order valence-corrected chi connectivity index (χ2v) is 10.1. The summed E-state index contributed by atoms with van der Waals surface area (Å²) in [5.74, 6) is -0.151. The van der Waals surface area contributed by atoms with Crippen molar-refractivity contribution in [3.63, 3.8) is 0 Å². The van der Waals surface area contributed by atoms with Gasteiger partial charge in [0.2, 0.25) is 5.91 Å². The molecule has 0 radical (unpaired) electrons. The number of aromatic nitrogens is 2. The van der Waals surface area contributed by atoms with Crippen molar-refractivity contribution in [1.29, 1.82) is 0 Å². The maximum atomic E-state index is 12.9. The van der Waals surface area contributed by atoms with Crippen LogP contribution in [0.1, 0.15) is 15.9 Å². The van der Waals surface area contributed by atoms with Gasteiger partial charge in [-0.3, -0.25) is 19.7 Å². The molecule has 11 nitrogen and oxygen atoms in total. The van der Waals surface area contributed by atoms with E-state index in [4.69, 9.17) is 4.42 Å². The van der Waals surface area contributed by atoms with Crippen LogP contribution < -0.4 is 10.2 Å². The van der Waals surface area contributed by atoms with Crippen molar-refractivity contribution in [1.82, 2.24) is 15.1 Å². The highest BCUT2D eigenvalue weighted by atomic mass is 32.2. The molecule has 0 bridgehead atoms. The molecule has 12 heteroatoms. The minimum atomic E-state index is -0.515. The van der Waals surface area contributed by atoms with Crippen molar-refractivity contribution < 1.29 is 18.9 Å². The third-order valence-electron chi connectivity index (χ3n) is 6.52. The maximum absolute atomic E-state index is 12.9. The van der Waals surface area contributed by atoms with Crippen LogP contribution in [0.4, 0.5) is 17.1 Å². The number of hydrogen-bond donors (Lipinski definition) is 1. The molecule has 0 saturated carbocycles. The highest BCUT2D eigenvalue weighted by Gasteiger charge is 2.23. The Morgan fingerprint density at radius 3 is 2.40 bits per heavy atom. The Balaban J connectivity index is 1.11. The number of nitro groups is 1. The number of carbonyl (C=O) groups excluding carboxylic acids is 2. The average Bonchev–Trinajstić information content (AvgIpc) is 3.45. The van der Waals surface area contributed by atoms with Crippen LogP contribution in [0.25, 0.3) is 11.5 Å². The molecule has 1 aliphatic heterocycles. The van der Waals surface area contributed by atoms with E-state index in [-0.39, 0.29) is 39.9 Å². The van der Waals surface area contributed by atoms with Crippen molar-refractivity contribution in [3.05, 3.63) is 94.0 Å². The molecule has 3 aromatic carbocycles. The van der Waals surface area contributed by atoms with Crippen LogP contribution >= 0.6 is 11.8 Å². The van der Waals surface area contributed by atoms with Crippen molar-refractivity contribution in [2.75, 3.05) is 42.1 Å². The number of anilines is 2. The second kappa shape index (κ2) is 12.0. The summed E-state index contributed by atoms with van der Waals surface area (Å²) in [6, 6.07) is 21.3. The van der Waals surface area contributed by atoms with E-state index < -0.39 is 4.92 Å². The molecule has 2 heterocycles. The fourth-order valence-corrected chi connectivity index (χ4v) is 4.98. The van der Waals surface area contributed by atoms with Gasteiger partial charge >= 0.3 is 0 Å². The minimum Gasteiger partial charge on any atom is -0.411 e. The predicted molar refractivity (Wildman–Crippen MR) is 151 cm³/mol. The first-order valence-corrected chi connectivity index (χ1v) is 13.6. The Labute approximate surface area is 234 Å². The van der Waals surface area contributed by atoms with Crippen LogP contribution in [0, 0.1) is 17.0 Å². The minimum absolute atomic E-state index is 0.0196. The van der Waals surface area contributed by atoms with Crippen molar-refractivity contribution in [2.24, 2.45) is 0 Å². The second-order valence-electron chi connectivity index (χ2n) is 9.13. The first kappa shape index (κ1) is 26.9. The van der Waals surface area contributed by atoms with Gasteiger partial charge in [0.25, 0.3) is 22.7 Å². The lowest BCUT2D eigenvalue weighted by Crippen LogP contribution is -2.48. The van der Waals surface area contributed by atoms with E-state index in [1.54, 1.807) is 12.1 Å². The Morgan fingerprint density at radius 2 is 1.68 bits per heavy atom. The van der Waals surface area contributed by atoms with E-state index in [0.29, 0.717) is 18.8 Å². The zero-order valence-corrected chi connectivity index (χ0v) is 22.5. The van der Waals surface area contributed by atoms with Gasteiger partial charge in [-0.2, -0.15) is 0 Å². The molecule has 0 atom stereocenters. The Morgan fingerprint density at radius 1 is 0.975 bits per heavy atom. The summed E-state index contributed by atoms with van der Waals surface area (Å²) in [5.41, 5.74) is 3.47. The SMILES string of the molecule is Cc1ccccc1C(=O)N1CCN(c2ccc(NC(=O)CSc3nnc(-c4ccccc4[N+](=O)[O-])o3)cc2)CC1. The number of benzene rings is 3. The summed E-state index contributed by atoms with van der Waals surface area (Å²) in [6.07, 6.45) is 0. The lowest BCUT2D eigenvalue weighted by Gasteiger charge is -2.36. The molecule has 40 heavy (non-hydrogen) atoms. The molecule has 2 amide bonds. The van der Waals surface area contributed by atoms with Crippen molar-refractivity contribution >= 4 is 40.6 Å². The van der Waals surface area contributed by atoms with Gasteiger partial charge in [-0.05, 0) is 48.9 Å². The molecular formula is C28H26N6O5S. The normalized spacial score (nSPS) is 13.2. The van der Waals surface area contributed by atoms with Gasteiger partial charge in [0.1, 0.15) is 5.56 Å². The molecule has 5 rings (SSSR count). The number of carbonyl (C=O) groups is 2. The van der Waals surface area contributed by atoms with Crippen molar-refractivity contribution in [3.8, 4) is 11.5 Å². The molecule has 204 valence electrons. The summed E-state index contributed by atoms with van der Waals surface area (Å²) in [6.45, 7) is 4.66. The topological polar surface area (TPSA) is 135 Å². The van der Waals surface area contributed by atoms with Gasteiger partial charge in [0, 0.05) is 49.2 Å². The zero-order valence-electron chi connectivity index (χ0n) is 21.6. The Bertz CT molecular complexity index is 1530. The maximum Gasteiger partial charge on any atom is 0.282 e. The van der Waals surface area contributed by atoms with E-state index in [1.807, 2.05) is 60.4 Å². The van der Waals surface area contributed by atoms with Gasteiger partial charge in [0.05, 0.1) is 10.7 Å². The molecule has 4 aromatic rings. The number of para-hydroxylation sites is 1. The summed E-state index contributed by atoms with van der Waals surface area (Å²) < 4.78 is 5.52. The number of amides is 2. The number of nitrogens with one attached hydrogen (secondary N) is 1. The number of rotatable bonds is 8. The summed E-state index contributed by atoms with van der Waals surface area (Å²) in [5, 5.41) is 22.0. The van der Waals surface area contributed by atoms with E-state index >= 15 is 0 Å². The fraction of sp³-hybridized carbons (Fsp3) is 0.214. The van der Waals surface area contributed by atoms with E-state index in [9.17, 15) is 19.7 Å². The van der Waals surface area contributed by atoms with Crippen LogP contribution in [0.15, 0.2) is 82.4 Å². The lowest BCUT2D eigenvalue weighted by molar-refractivity contribution is -0.384. The molecule has 0 spiro atoms. The highest BCUT2D eigenvalue weighted by Crippen LogP contribution is 2.30. The third kappa shape index (κ3) is 6.12. The number of nitro benzene ring substituents is 1. The molecule has 1 fully saturated rings. The third-order valence-corrected chi connectivity index (χ3v) is 7.34. The quantitative estimate of drug-likeness (QED) is 0.186. The van der Waals surface area contributed by atoms with E-state index in [1.165, 1.54) is 12.1 Å². The van der Waals surface area contributed by atoms with Gasteiger partial charge in [-0.15, -0.1) is 10.2 Å².